The highest BCUT2D eigenvalue weighted by atomic mass is 35.5. The molecule has 2 aromatic carbocycles. The topological polar surface area (TPSA) is 101 Å². The first-order valence-corrected chi connectivity index (χ1v) is 12.5. The number of carbonyl (C=O) groups excluding carboxylic acids is 1. The summed E-state index contributed by atoms with van der Waals surface area (Å²) in [5.41, 5.74) is 0. The van der Waals surface area contributed by atoms with E-state index in [1.807, 2.05) is 0 Å². The molecule has 0 spiro atoms. The average Bonchev–Trinajstić information content (AvgIpc) is 3.20. The van der Waals surface area contributed by atoms with E-state index >= 15 is 0 Å². The van der Waals surface area contributed by atoms with Crippen molar-refractivity contribution in [3.63, 3.8) is 0 Å². The first-order chi connectivity index (χ1) is 14.0. The fraction of sp³-hybridized carbons (Fsp3) is 0.316. The summed E-state index contributed by atoms with van der Waals surface area (Å²) in [6, 6.07) is 9.75. The smallest absolute Gasteiger partial charge is 0.241 e. The van der Waals surface area contributed by atoms with E-state index in [0.29, 0.717) is 0 Å². The average molecular weight is 475 g/mol. The van der Waals surface area contributed by atoms with Crippen LogP contribution in [0.3, 0.4) is 0 Å². The van der Waals surface area contributed by atoms with E-state index in [1.165, 1.54) is 24.0 Å². The van der Waals surface area contributed by atoms with E-state index in [2.05, 4.69) is 4.72 Å². The molecule has 11 heteroatoms. The Balaban J connectivity index is 1.69. The highest BCUT2D eigenvalue weighted by Gasteiger charge is 2.37. The maximum atomic E-state index is 13.3. The molecule has 1 fully saturated rings. The van der Waals surface area contributed by atoms with E-state index in [0.717, 1.165) is 18.2 Å². The molecule has 2 aromatic rings. The zero-order chi connectivity index (χ0) is 22.1. The maximum Gasteiger partial charge on any atom is 0.241 e. The van der Waals surface area contributed by atoms with E-state index in [9.17, 15) is 26.0 Å². The molecule has 1 aliphatic heterocycles. The third kappa shape index (κ3) is 4.66. The molecule has 1 N–H and O–H groups in total. The summed E-state index contributed by atoms with van der Waals surface area (Å²) in [4.78, 5) is 13.9. The van der Waals surface area contributed by atoms with Crippen LogP contribution < -0.4 is 4.72 Å². The molecule has 3 rings (SSSR count). The van der Waals surface area contributed by atoms with E-state index in [4.69, 9.17) is 11.6 Å². The van der Waals surface area contributed by atoms with Gasteiger partial charge in [0.2, 0.25) is 15.9 Å². The first kappa shape index (κ1) is 22.7. The number of nitrogens with one attached hydrogen (secondary N) is 1. The van der Waals surface area contributed by atoms with Crippen LogP contribution in [0.1, 0.15) is 13.3 Å². The summed E-state index contributed by atoms with van der Waals surface area (Å²) in [5.74, 6) is -1.31. The lowest BCUT2D eigenvalue weighted by Crippen LogP contribution is -2.46. The monoisotopic (exact) mass is 474 g/mol. The summed E-state index contributed by atoms with van der Waals surface area (Å²) in [7, 11) is -7.73. The van der Waals surface area contributed by atoms with E-state index < -0.39 is 42.9 Å². The molecule has 2 unspecified atom stereocenters. The van der Waals surface area contributed by atoms with Crippen molar-refractivity contribution in [1.82, 2.24) is 9.62 Å². The molecule has 0 aliphatic carbocycles. The van der Waals surface area contributed by atoms with Crippen molar-refractivity contribution in [2.24, 2.45) is 0 Å². The number of halogens is 2. The lowest BCUT2D eigenvalue weighted by atomic mass is 10.3. The molecule has 1 saturated heterocycles. The van der Waals surface area contributed by atoms with Crippen molar-refractivity contribution in [3.8, 4) is 0 Å². The van der Waals surface area contributed by atoms with Crippen molar-refractivity contribution in [3.05, 3.63) is 59.4 Å². The molecule has 7 nitrogen and oxygen atoms in total. The van der Waals surface area contributed by atoms with Crippen LogP contribution in [0.2, 0.25) is 5.02 Å². The Morgan fingerprint density at radius 1 is 1.13 bits per heavy atom. The van der Waals surface area contributed by atoms with Crippen molar-refractivity contribution >= 4 is 37.4 Å². The van der Waals surface area contributed by atoms with Gasteiger partial charge in [-0.05, 0) is 43.7 Å². The summed E-state index contributed by atoms with van der Waals surface area (Å²) < 4.78 is 66.0. The van der Waals surface area contributed by atoms with E-state index in [1.54, 1.807) is 18.2 Å². The van der Waals surface area contributed by atoms with Gasteiger partial charge >= 0.3 is 0 Å². The van der Waals surface area contributed by atoms with Gasteiger partial charge in [-0.15, -0.1) is 0 Å². The second-order valence-electron chi connectivity index (χ2n) is 6.97. The van der Waals surface area contributed by atoms with Crippen LogP contribution in [0.5, 0.6) is 0 Å². The maximum absolute atomic E-state index is 13.3. The molecule has 2 atom stereocenters. The molecular weight excluding hydrogens is 455 g/mol. The quantitative estimate of drug-likeness (QED) is 0.691. The third-order valence-corrected chi connectivity index (χ3v) is 8.89. The number of benzene rings is 2. The van der Waals surface area contributed by atoms with Crippen LogP contribution in [-0.4, -0.2) is 52.0 Å². The Bertz CT molecular complexity index is 1160. The van der Waals surface area contributed by atoms with Crippen LogP contribution in [0.15, 0.2) is 58.3 Å². The minimum absolute atomic E-state index is 0.0233. The van der Waals surface area contributed by atoms with Gasteiger partial charge in [0.05, 0.1) is 26.1 Å². The molecule has 0 aromatic heterocycles. The van der Waals surface area contributed by atoms with Crippen LogP contribution in [-0.2, 0) is 24.7 Å². The van der Waals surface area contributed by atoms with Crippen molar-refractivity contribution in [1.29, 1.82) is 0 Å². The van der Waals surface area contributed by atoms with Crippen LogP contribution in [0.25, 0.3) is 0 Å². The van der Waals surface area contributed by atoms with Crippen LogP contribution >= 0.6 is 11.6 Å². The van der Waals surface area contributed by atoms with E-state index in [-0.39, 0.29) is 34.3 Å². The lowest BCUT2D eigenvalue weighted by Gasteiger charge is -2.22. The fourth-order valence-electron chi connectivity index (χ4n) is 3.25. The lowest BCUT2D eigenvalue weighted by molar-refractivity contribution is -0.131. The normalized spacial score (nSPS) is 18.4. The summed E-state index contributed by atoms with van der Waals surface area (Å²) >= 11 is 5.63. The summed E-state index contributed by atoms with van der Waals surface area (Å²) in [6.45, 7) is 1.54. The van der Waals surface area contributed by atoms with Crippen molar-refractivity contribution in [2.45, 2.75) is 34.4 Å². The molecular formula is C19H20ClFN2O5S2. The Morgan fingerprint density at radius 2 is 1.80 bits per heavy atom. The zero-order valence-electron chi connectivity index (χ0n) is 16.0. The predicted molar refractivity (Wildman–Crippen MR) is 110 cm³/mol. The standard InChI is InChI=1S/C19H20ClFN2O5S2/c1-13(22-30(27,28)15-7-8-18(21)17(20)11-15)19(24)23-10-9-16(12-23)29(25,26)14-5-3-2-4-6-14/h2-8,11,13,16,22H,9-10,12H2,1H3. The number of rotatable bonds is 6. The number of sulfonamides is 1. The Morgan fingerprint density at radius 3 is 2.43 bits per heavy atom. The number of amides is 1. The highest BCUT2D eigenvalue weighted by Crippen LogP contribution is 2.25. The molecule has 0 radical (unpaired) electrons. The van der Waals surface area contributed by atoms with Gasteiger partial charge in [-0.25, -0.2) is 21.2 Å². The van der Waals surface area contributed by atoms with Crippen LogP contribution in [0, 0.1) is 5.82 Å². The molecule has 1 amide bonds. The Labute approximate surface area is 179 Å². The van der Waals surface area contributed by atoms with Crippen molar-refractivity contribution < 1.29 is 26.0 Å². The SMILES string of the molecule is CC(NS(=O)(=O)c1ccc(F)c(Cl)c1)C(=O)N1CCC(S(=O)(=O)c2ccccc2)C1. The van der Waals surface area contributed by atoms with Gasteiger partial charge in [-0.1, -0.05) is 29.8 Å². The first-order valence-electron chi connectivity index (χ1n) is 9.07. The molecule has 30 heavy (non-hydrogen) atoms. The largest absolute Gasteiger partial charge is 0.340 e. The summed E-state index contributed by atoms with van der Waals surface area (Å²) in [6.07, 6.45) is 0.260. The number of sulfone groups is 1. The third-order valence-electron chi connectivity index (χ3n) is 4.87. The molecule has 0 bridgehead atoms. The Kier molecular flexibility index (Phi) is 6.51. The second-order valence-corrected chi connectivity index (χ2v) is 11.3. The number of nitrogens with zero attached hydrogens (tertiary/aromatic N) is 1. The van der Waals surface area contributed by atoms with Crippen molar-refractivity contribution in [2.75, 3.05) is 13.1 Å². The molecule has 1 aliphatic rings. The van der Waals surface area contributed by atoms with Crippen LogP contribution in [0.4, 0.5) is 4.39 Å². The van der Waals surface area contributed by atoms with Gasteiger partial charge in [0.25, 0.3) is 0 Å². The zero-order valence-corrected chi connectivity index (χ0v) is 18.3. The van der Waals surface area contributed by atoms with Gasteiger partial charge in [-0.3, -0.25) is 4.79 Å². The highest BCUT2D eigenvalue weighted by molar-refractivity contribution is 7.92. The number of hydrogen-bond acceptors (Lipinski definition) is 5. The van der Waals surface area contributed by atoms with Gasteiger partial charge in [-0.2, -0.15) is 4.72 Å². The number of hydrogen-bond donors (Lipinski definition) is 1. The number of carbonyl (C=O) groups is 1. The summed E-state index contributed by atoms with van der Waals surface area (Å²) in [5, 5.41) is -1.12. The fourth-order valence-corrected chi connectivity index (χ4v) is 6.43. The van der Waals surface area contributed by atoms with Gasteiger partial charge in [0, 0.05) is 13.1 Å². The minimum Gasteiger partial charge on any atom is -0.340 e. The molecule has 1 heterocycles. The predicted octanol–water partition coefficient (Wildman–Crippen LogP) is 2.22. The molecule has 162 valence electrons. The molecule has 0 saturated carbocycles. The number of likely N-dealkylation sites (tertiary alicyclic amines) is 1. The van der Waals surface area contributed by atoms with Gasteiger partial charge < -0.3 is 4.90 Å². The van der Waals surface area contributed by atoms with Gasteiger partial charge in [0.15, 0.2) is 9.84 Å². The Hall–Kier alpha value is -2.01. The van der Waals surface area contributed by atoms with Gasteiger partial charge in [0.1, 0.15) is 5.82 Å². The second kappa shape index (κ2) is 8.62. The minimum atomic E-state index is -4.13.